The number of thiophene rings is 1. The van der Waals surface area contributed by atoms with Gasteiger partial charge in [0, 0.05) is 4.88 Å². The molecule has 168 valence electrons. The van der Waals surface area contributed by atoms with Gasteiger partial charge < -0.3 is 0 Å². The molecule has 1 unspecified atom stereocenters. The SMILES string of the molecule is CS(=O)(=O)OC(CCc1ccc(C2CC2)cc1)c1cccc(C=Cc2cc(Cl)c(Cl)s2)c1. The Kier molecular flexibility index (Phi) is 7.43. The van der Waals surface area contributed by atoms with Gasteiger partial charge in [0.15, 0.2) is 0 Å². The van der Waals surface area contributed by atoms with Gasteiger partial charge in [-0.1, -0.05) is 71.7 Å². The van der Waals surface area contributed by atoms with Crippen molar-refractivity contribution in [1.82, 2.24) is 0 Å². The number of aryl methyl sites for hydroxylation is 1. The maximum Gasteiger partial charge on any atom is 0.264 e. The van der Waals surface area contributed by atoms with E-state index in [1.165, 1.54) is 35.3 Å². The first-order valence-corrected chi connectivity index (χ1v) is 13.9. The van der Waals surface area contributed by atoms with E-state index in [1.807, 2.05) is 42.5 Å². The molecule has 0 spiro atoms. The molecule has 7 heteroatoms. The van der Waals surface area contributed by atoms with Gasteiger partial charge in [-0.2, -0.15) is 8.42 Å². The first-order chi connectivity index (χ1) is 15.3. The zero-order valence-corrected chi connectivity index (χ0v) is 20.8. The Bertz CT molecular complexity index is 1190. The zero-order chi connectivity index (χ0) is 22.7. The Labute approximate surface area is 203 Å². The average molecular weight is 508 g/mol. The normalized spacial score (nSPS) is 15.3. The van der Waals surface area contributed by atoms with Crippen LogP contribution in [0.3, 0.4) is 0 Å². The van der Waals surface area contributed by atoms with Crippen molar-refractivity contribution in [3.05, 3.63) is 91.1 Å². The fourth-order valence-corrected chi connectivity index (χ4v) is 5.56. The van der Waals surface area contributed by atoms with Gasteiger partial charge >= 0.3 is 0 Å². The standard InChI is InChI=1S/C25H24Cl2O3S2/c1-32(28,29)30-24(14-8-17-5-9-19(10-6-17)20-11-12-20)21-4-2-3-18(15-21)7-13-22-16-23(26)25(27)31-22/h2-7,9-10,13,15-16,20,24H,8,11-12,14H2,1H3. The van der Waals surface area contributed by atoms with Crippen LogP contribution in [-0.4, -0.2) is 14.7 Å². The van der Waals surface area contributed by atoms with Crippen molar-refractivity contribution in [2.45, 2.75) is 37.7 Å². The second-order valence-electron chi connectivity index (χ2n) is 8.12. The summed E-state index contributed by atoms with van der Waals surface area (Å²) in [5.74, 6) is 0.724. The summed E-state index contributed by atoms with van der Waals surface area (Å²) in [5, 5.41) is 0.539. The highest BCUT2D eigenvalue weighted by atomic mass is 35.5. The molecule has 0 bridgehead atoms. The van der Waals surface area contributed by atoms with Crippen LogP contribution in [0.1, 0.15) is 58.4 Å². The molecule has 0 amide bonds. The Morgan fingerprint density at radius 1 is 1.09 bits per heavy atom. The number of rotatable bonds is 9. The molecule has 1 aromatic heterocycles. The molecule has 2 aromatic carbocycles. The van der Waals surface area contributed by atoms with Crippen LogP contribution in [0.4, 0.5) is 0 Å². The lowest BCUT2D eigenvalue weighted by atomic mass is 9.98. The van der Waals surface area contributed by atoms with E-state index < -0.39 is 16.2 Å². The summed E-state index contributed by atoms with van der Waals surface area (Å²) in [6.07, 6.45) is 8.30. The molecule has 0 N–H and O–H groups in total. The summed E-state index contributed by atoms with van der Waals surface area (Å²) in [6, 6.07) is 18.2. The summed E-state index contributed by atoms with van der Waals surface area (Å²) >= 11 is 13.5. The van der Waals surface area contributed by atoms with Crippen LogP contribution >= 0.6 is 34.5 Å². The fourth-order valence-electron chi connectivity index (χ4n) is 3.64. The molecule has 1 heterocycles. The van der Waals surface area contributed by atoms with Gasteiger partial charge in [0.05, 0.1) is 11.3 Å². The van der Waals surface area contributed by atoms with Crippen molar-refractivity contribution in [2.75, 3.05) is 6.26 Å². The third-order valence-corrected chi connectivity index (χ3v) is 7.81. The molecule has 1 atom stereocenters. The van der Waals surface area contributed by atoms with Crippen LogP contribution in [0.15, 0.2) is 54.6 Å². The lowest BCUT2D eigenvalue weighted by molar-refractivity contribution is 0.205. The maximum atomic E-state index is 11.9. The van der Waals surface area contributed by atoms with Gasteiger partial charge in [0.25, 0.3) is 10.1 Å². The lowest BCUT2D eigenvalue weighted by Crippen LogP contribution is -2.11. The minimum Gasteiger partial charge on any atom is -0.262 e. The average Bonchev–Trinajstić information content (AvgIpc) is 3.55. The smallest absolute Gasteiger partial charge is 0.262 e. The topological polar surface area (TPSA) is 43.4 Å². The second kappa shape index (κ2) is 10.1. The minimum absolute atomic E-state index is 0.539. The molecule has 1 aliphatic carbocycles. The van der Waals surface area contributed by atoms with Gasteiger partial charge in [-0.05, 0) is 72.1 Å². The number of hydrogen-bond acceptors (Lipinski definition) is 4. The Morgan fingerprint density at radius 3 is 2.47 bits per heavy atom. The van der Waals surface area contributed by atoms with Crippen molar-refractivity contribution in [2.24, 2.45) is 0 Å². The van der Waals surface area contributed by atoms with E-state index in [4.69, 9.17) is 27.4 Å². The third-order valence-electron chi connectivity index (χ3n) is 5.40. The molecule has 32 heavy (non-hydrogen) atoms. The molecule has 3 nitrogen and oxygen atoms in total. The number of benzene rings is 2. The van der Waals surface area contributed by atoms with E-state index >= 15 is 0 Å². The highest BCUT2D eigenvalue weighted by molar-refractivity contribution is 7.86. The van der Waals surface area contributed by atoms with E-state index in [0.29, 0.717) is 15.8 Å². The summed E-state index contributed by atoms with van der Waals surface area (Å²) in [7, 11) is -3.60. The molecular formula is C25H24Cl2O3S2. The molecule has 0 saturated heterocycles. The molecule has 3 aromatic rings. The molecule has 1 saturated carbocycles. The fraction of sp³-hybridized carbons (Fsp3) is 0.280. The van der Waals surface area contributed by atoms with E-state index in [9.17, 15) is 8.42 Å². The lowest BCUT2D eigenvalue weighted by Gasteiger charge is -2.17. The summed E-state index contributed by atoms with van der Waals surface area (Å²) in [6.45, 7) is 0. The second-order valence-corrected chi connectivity index (χ2v) is 11.8. The van der Waals surface area contributed by atoms with Gasteiger partial charge in [-0.15, -0.1) is 11.3 Å². The van der Waals surface area contributed by atoms with Crippen molar-refractivity contribution >= 4 is 56.8 Å². The quantitative estimate of drug-likeness (QED) is 0.278. The van der Waals surface area contributed by atoms with Crippen LogP contribution in [-0.2, 0) is 20.7 Å². The molecule has 0 radical (unpaired) electrons. The summed E-state index contributed by atoms with van der Waals surface area (Å²) in [4.78, 5) is 0.948. The monoisotopic (exact) mass is 506 g/mol. The van der Waals surface area contributed by atoms with Gasteiger partial charge in [0.1, 0.15) is 10.4 Å². The largest absolute Gasteiger partial charge is 0.264 e. The van der Waals surface area contributed by atoms with Crippen molar-refractivity contribution < 1.29 is 12.6 Å². The number of halogens is 2. The van der Waals surface area contributed by atoms with E-state index in [-0.39, 0.29) is 0 Å². The van der Waals surface area contributed by atoms with Crippen molar-refractivity contribution in [3.8, 4) is 0 Å². The van der Waals surface area contributed by atoms with Gasteiger partial charge in [-0.25, -0.2) is 0 Å². The Balaban J connectivity index is 1.49. The third kappa shape index (κ3) is 6.69. The van der Waals surface area contributed by atoms with Gasteiger partial charge in [0.2, 0.25) is 0 Å². The van der Waals surface area contributed by atoms with Crippen LogP contribution in [0.25, 0.3) is 12.2 Å². The molecule has 4 rings (SSSR count). The minimum atomic E-state index is -3.60. The summed E-state index contributed by atoms with van der Waals surface area (Å²) in [5.41, 5.74) is 4.35. The van der Waals surface area contributed by atoms with E-state index in [1.54, 1.807) is 0 Å². The van der Waals surface area contributed by atoms with Crippen molar-refractivity contribution in [1.29, 1.82) is 0 Å². The Morgan fingerprint density at radius 2 is 1.84 bits per heavy atom. The first kappa shape index (κ1) is 23.5. The zero-order valence-electron chi connectivity index (χ0n) is 17.6. The maximum absolute atomic E-state index is 11.9. The molecular weight excluding hydrogens is 483 g/mol. The predicted molar refractivity (Wildman–Crippen MR) is 135 cm³/mol. The molecule has 1 aliphatic rings. The van der Waals surface area contributed by atoms with Gasteiger partial charge in [-0.3, -0.25) is 4.18 Å². The van der Waals surface area contributed by atoms with E-state index in [0.717, 1.165) is 34.6 Å². The Hall–Kier alpha value is -1.63. The number of hydrogen-bond donors (Lipinski definition) is 0. The van der Waals surface area contributed by atoms with Crippen molar-refractivity contribution in [3.63, 3.8) is 0 Å². The summed E-state index contributed by atoms with van der Waals surface area (Å²) < 4.78 is 29.9. The molecule has 0 aliphatic heterocycles. The van der Waals surface area contributed by atoms with Crippen LogP contribution in [0.2, 0.25) is 9.36 Å². The first-order valence-electron chi connectivity index (χ1n) is 10.5. The van der Waals surface area contributed by atoms with E-state index in [2.05, 4.69) is 24.3 Å². The van der Waals surface area contributed by atoms with Crippen LogP contribution in [0, 0.1) is 0 Å². The van der Waals surface area contributed by atoms with Crippen LogP contribution in [0.5, 0.6) is 0 Å². The predicted octanol–water partition coefficient (Wildman–Crippen LogP) is 7.75. The highest BCUT2D eigenvalue weighted by Gasteiger charge is 2.23. The highest BCUT2D eigenvalue weighted by Crippen LogP contribution is 2.40. The van der Waals surface area contributed by atoms with Crippen LogP contribution < -0.4 is 0 Å². The molecule has 1 fully saturated rings.